The van der Waals surface area contributed by atoms with Gasteiger partial charge in [0.1, 0.15) is 29.8 Å². The van der Waals surface area contributed by atoms with Crippen molar-refractivity contribution in [2.75, 3.05) is 0 Å². The summed E-state index contributed by atoms with van der Waals surface area (Å²) in [5, 5.41) is 12.7. The smallest absolute Gasteiger partial charge is 0.262 e. The second-order valence-corrected chi connectivity index (χ2v) is 7.41. The third-order valence-electron chi connectivity index (χ3n) is 4.27. The first-order valence-corrected chi connectivity index (χ1v) is 10.0. The third kappa shape index (κ3) is 6.32. The van der Waals surface area contributed by atoms with Crippen LogP contribution in [-0.4, -0.2) is 5.91 Å². The SMILES string of the molecule is N#C/C(=C\c1cc(Cl)cc(Cl)c1OCc1cccc(F)c1)C(=O)NCc1ccccc1. The van der Waals surface area contributed by atoms with Crippen LogP contribution < -0.4 is 10.1 Å². The molecule has 3 aromatic rings. The number of benzene rings is 3. The molecule has 0 saturated carbocycles. The quantitative estimate of drug-likeness (QED) is 0.355. The van der Waals surface area contributed by atoms with Gasteiger partial charge in [0.2, 0.25) is 0 Å². The van der Waals surface area contributed by atoms with E-state index in [2.05, 4.69) is 5.32 Å². The highest BCUT2D eigenvalue weighted by molar-refractivity contribution is 6.36. The van der Waals surface area contributed by atoms with Crippen molar-refractivity contribution < 1.29 is 13.9 Å². The Hall–Kier alpha value is -3.33. The number of halogens is 3. The normalized spacial score (nSPS) is 11.0. The van der Waals surface area contributed by atoms with Crippen molar-refractivity contribution in [3.63, 3.8) is 0 Å². The van der Waals surface area contributed by atoms with Crippen molar-refractivity contribution in [1.82, 2.24) is 5.32 Å². The maximum Gasteiger partial charge on any atom is 0.262 e. The van der Waals surface area contributed by atoms with E-state index in [0.717, 1.165) is 5.56 Å². The van der Waals surface area contributed by atoms with E-state index in [4.69, 9.17) is 27.9 Å². The number of hydrogen-bond donors (Lipinski definition) is 1. The van der Waals surface area contributed by atoms with E-state index >= 15 is 0 Å². The highest BCUT2D eigenvalue weighted by atomic mass is 35.5. The second kappa shape index (κ2) is 10.6. The summed E-state index contributed by atoms with van der Waals surface area (Å²) in [4.78, 5) is 12.5. The summed E-state index contributed by atoms with van der Waals surface area (Å²) in [5.41, 5.74) is 1.73. The Bertz CT molecular complexity index is 1160. The number of hydrogen-bond acceptors (Lipinski definition) is 3. The van der Waals surface area contributed by atoms with Gasteiger partial charge in [-0.3, -0.25) is 4.79 Å². The number of ether oxygens (including phenoxy) is 1. The summed E-state index contributed by atoms with van der Waals surface area (Å²) in [6.45, 7) is 0.319. The van der Waals surface area contributed by atoms with E-state index < -0.39 is 5.91 Å². The van der Waals surface area contributed by atoms with Crippen LogP contribution in [0.1, 0.15) is 16.7 Å². The Labute approximate surface area is 189 Å². The van der Waals surface area contributed by atoms with Crippen LogP contribution in [0.25, 0.3) is 6.08 Å². The van der Waals surface area contributed by atoms with Crippen LogP contribution in [0.4, 0.5) is 4.39 Å². The number of carbonyl (C=O) groups excluding carboxylic acids is 1. The largest absolute Gasteiger partial charge is 0.487 e. The molecule has 0 bridgehead atoms. The van der Waals surface area contributed by atoms with Crippen molar-refractivity contribution in [1.29, 1.82) is 5.26 Å². The van der Waals surface area contributed by atoms with Crippen LogP contribution in [0.15, 0.2) is 72.3 Å². The lowest BCUT2D eigenvalue weighted by Crippen LogP contribution is -2.23. The lowest BCUT2D eigenvalue weighted by Gasteiger charge is -2.13. The number of nitriles is 1. The van der Waals surface area contributed by atoms with Crippen LogP contribution in [0.5, 0.6) is 5.75 Å². The molecule has 7 heteroatoms. The Morgan fingerprint density at radius 2 is 1.81 bits per heavy atom. The standard InChI is InChI=1S/C24H17Cl2FN2O2/c25-20-11-18(10-19(13-28)24(30)29-14-16-5-2-1-3-6-16)23(22(26)12-20)31-15-17-7-4-8-21(27)9-17/h1-12H,14-15H2,(H,29,30)/b19-10+. The predicted octanol–water partition coefficient (Wildman–Crippen LogP) is 5.93. The van der Waals surface area contributed by atoms with E-state index in [1.54, 1.807) is 12.1 Å². The van der Waals surface area contributed by atoms with Crippen molar-refractivity contribution >= 4 is 35.2 Å². The summed E-state index contributed by atoms with van der Waals surface area (Å²) in [7, 11) is 0. The second-order valence-electron chi connectivity index (χ2n) is 6.56. The zero-order valence-electron chi connectivity index (χ0n) is 16.2. The first-order valence-electron chi connectivity index (χ1n) is 9.26. The minimum atomic E-state index is -0.543. The molecular weight excluding hydrogens is 438 g/mol. The topological polar surface area (TPSA) is 62.1 Å². The van der Waals surface area contributed by atoms with Gasteiger partial charge in [0, 0.05) is 17.1 Å². The molecule has 0 fully saturated rings. The van der Waals surface area contributed by atoms with Gasteiger partial charge in [0.25, 0.3) is 5.91 Å². The molecule has 0 atom stereocenters. The van der Waals surface area contributed by atoms with Gasteiger partial charge in [-0.1, -0.05) is 65.7 Å². The lowest BCUT2D eigenvalue weighted by molar-refractivity contribution is -0.117. The highest BCUT2D eigenvalue weighted by Crippen LogP contribution is 2.34. The number of nitrogens with one attached hydrogen (secondary N) is 1. The minimum absolute atomic E-state index is 0.0437. The Kier molecular flexibility index (Phi) is 7.66. The molecular formula is C24H17Cl2FN2O2. The van der Waals surface area contributed by atoms with Crippen molar-refractivity contribution in [3.8, 4) is 11.8 Å². The summed E-state index contributed by atoms with van der Waals surface area (Å²) in [5.74, 6) is -0.692. The average molecular weight is 455 g/mol. The maximum absolute atomic E-state index is 13.4. The molecule has 0 saturated heterocycles. The van der Waals surface area contributed by atoms with E-state index in [-0.39, 0.29) is 35.3 Å². The van der Waals surface area contributed by atoms with E-state index in [9.17, 15) is 14.4 Å². The van der Waals surface area contributed by atoms with Gasteiger partial charge < -0.3 is 10.1 Å². The van der Waals surface area contributed by atoms with Gasteiger partial charge in [-0.15, -0.1) is 0 Å². The van der Waals surface area contributed by atoms with Crippen LogP contribution in [0.3, 0.4) is 0 Å². The maximum atomic E-state index is 13.4. The van der Waals surface area contributed by atoms with Crippen LogP contribution in [0.2, 0.25) is 10.0 Å². The van der Waals surface area contributed by atoms with Gasteiger partial charge >= 0.3 is 0 Å². The van der Waals surface area contributed by atoms with Crippen molar-refractivity contribution in [3.05, 3.63) is 105 Å². The summed E-state index contributed by atoms with van der Waals surface area (Å²) in [6, 6.07) is 20.2. The number of amides is 1. The molecule has 0 aliphatic rings. The molecule has 31 heavy (non-hydrogen) atoms. The van der Waals surface area contributed by atoms with Crippen LogP contribution >= 0.6 is 23.2 Å². The fourth-order valence-corrected chi connectivity index (χ4v) is 3.36. The van der Waals surface area contributed by atoms with Gasteiger partial charge in [0.15, 0.2) is 0 Å². The molecule has 0 radical (unpaired) electrons. The number of carbonyl (C=O) groups is 1. The minimum Gasteiger partial charge on any atom is -0.487 e. The molecule has 0 spiro atoms. The van der Waals surface area contributed by atoms with Gasteiger partial charge in [-0.25, -0.2) is 4.39 Å². The number of nitrogens with zero attached hydrogens (tertiary/aromatic N) is 1. The zero-order chi connectivity index (χ0) is 22.2. The van der Waals surface area contributed by atoms with Gasteiger partial charge in [-0.05, 0) is 41.5 Å². The Morgan fingerprint density at radius 3 is 2.52 bits per heavy atom. The molecule has 0 aromatic heterocycles. The molecule has 156 valence electrons. The van der Waals surface area contributed by atoms with E-state index in [1.807, 2.05) is 36.4 Å². The summed E-state index contributed by atoms with van der Waals surface area (Å²) < 4.78 is 19.2. The molecule has 0 heterocycles. The first-order chi connectivity index (χ1) is 15.0. The van der Waals surface area contributed by atoms with Crippen LogP contribution in [-0.2, 0) is 17.9 Å². The van der Waals surface area contributed by atoms with Gasteiger partial charge in [0.05, 0.1) is 5.02 Å². The monoisotopic (exact) mass is 454 g/mol. The lowest BCUT2D eigenvalue weighted by atomic mass is 10.1. The fraction of sp³-hybridized carbons (Fsp3) is 0.0833. The molecule has 3 aromatic carbocycles. The molecule has 4 nitrogen and oxygen atoms in total. The molecule has 1 amide bonds. The molecule has 0 aliphatic carbocycles. The van der Waals surface area contributed by atoms with Crippen LogP contribution in [0, 0.1) is 17.1 Å². The third-order valence-corrected chi connectivity index (χ3v) is 4.77. The van der Waals surface area contributed by atoms with E-state index in [1.165, 1.54) is 30.3 Å². The summed E-state index contributed by atoms with van der Waals surface area (Å²) in [6.07, 6.45) is 1.36. The molecule has 0 unspecified atom stereocenters. The number of rotatable bonds is 7. The van der Waals surface area contributed by atoms with E-state index in [0.29, 0.717) is 16.1 Å². The van der Waals surface area contributed by atoms with Crippen molar-refractivity contribution in [2.24, 2.45) is 0 Å². The Balaban J connectivity index is 1.82. The fourth-order valence-electron chi connectivity index (χ4n) is 2.80. The van der Waals surface area contributed by atoms with Gasteiger partial charge in [-0.2, -0.15) is 5.26 Å². The zero-order valence-corrected chi connectivity index (χ0v) is 17.8. The molecule has 0 aliphatic heterocycles. The molecule has 1 N–H and O–H groups in total. The predicted molar refractivity (Wildman–Crippen MR) is 119 cm³/mol. The Morgan fingerprint density at radius 1 is 1.06 bits per heavy atom. The first kappa shape index (κ1) is 22.4. The summed E-state index contributed by atoms with van der Waals surface area (Å²) >= 11 is 12.4. The highest BCUT2D eigenvalue weighted by Gasteiger charge is 2.14. The van der Waals surface area contributed by atoms with Crippen molar-refractivity contribution in [2.45, 2.75) is 13.2 Å². The molecule has 3 rings (SSSR count). The average Bonchev–Trinajstić information content (AvgIpc) is 2.75.